The molecule has 0 atom stereocenters. The topological polar surface area (TPSA) is 0 Å². The minimum atomic E-state index is 1.04. The summed E-state index contributed by atoms with van der Waals surface area (Å²) in [5.41, 5.74) is 1.24. The monoisotopic (exact) mass is 108 g/mol. The van der Waals surface area contributed by atoms with E-state index in [1.165, 1.54) is 5.57 Å². The van der Waals surface area contributed by atoms with Crippen LogP contribution in [0, 0.1) is 0 Å². The van der Waals surface area contributed by atoms with Gasteiger partial charge >= 0.3 is 0 Å². The maximum Gasteiger partial charge on any atom is -0.0308 e. The van der Waals surface area contributed by atoms with Crippen LogP contribution in [0.5, 0.6) is 0 Å². The molecule has 0 spiro atoms. The van der Waals surface area contributed by atoms with Crippen molar-refractivity contribution in [1.82, 2.24) is 0 Å². The van der Waals surface area contributed by atoms with E-state index in [2.05, 4.69) is 20.1 Å². The molecule has 0 amide bonds. The van der Waals surface area contributed by atoms with E-state index >= 15 is 0 Å². The van der Waals surface area contributed by atoms with Gasteiger partial charge in [0.05, 0.1) is 0 Å². The molecule has 0 radical (unpaired) electrons. The quantitative estimate of drug-likeness (QED) is 0.487. The van der Waals surface area contributed by atoms with E-state index in [9.17, 15) is 0 Å². The van der Waals surface area contributed by atoms with Gasteiger partial charge in [-0.15, -0.1) is 0 Å². The first kappa shape index (κ1) is 7.22. The van der Waals surface area contributed by atoms with Crippen LogP contribution in [0.15, 0.2) is 37.0 Å². The lowest BCUT2D eigenvalue weighted by Gasteiger charge is -1.89. The summed E-state index contributed by atoms with van der Waals surface area (Å²) < 4.78 is 0. The van der Waals surface area contributed by atoms with E-state index in [1.807, 2.05) is 12.2 Å². The minimum Gasteiger partial charge on any atom is -0.0991 e. The molecule has 0 aromatic heterocycles. The first-order valence-electron chi connectivity index (χ1n) is 2.79. The van der Waals surface area contributed by atoms with Gasteiger partial charge in [-0.3, -0.25) is 0 Å². The maximum absolute atomic E-state index is 3.63. The fourth-order valence-electron chi connectivity index (χ4n) is 0.482. The van der Waals surface area contributed by atoms with Crippen LogP contribution in [0.2, 0.25) is 0 Å². The first-order chi connectivity index (χ1) is 3.85. The van der Waals surface area contributed by atoms with Crippen molar-refractivity contribution in [2.45, 2.75) is 13.3 Å². The van der Waals surface area contributed by atoms with Crippen LogP contribution in [-0.2, 0) is 0 Å². The Bertz CT molecular complexity index is 107. The summed E-state index contributed by atoms with van der Waals surface area (Å²) in [5.74, 6) is 0. The van der Waals surface area contributed by atoms with E-state index < -0.39 is 0 Å². The fraction of sp³-hybridized carbons (Fsp3) is 0.250. The summed E-state index contributed by atoms with van der Waals surface area (Å²) in [7, 11) is 0. The second-order valence-electron chi connectivity index (χ2n) is 1.53. The lowest BCUT2D eigenvalue weighted by atomic mass is 10.2. The fourth-order valence-corrected chi connectivity index (χ4v) is 0.482. The molecule has 0 aromatic carbocycles. The van der Waals surface area contributed by atoms with Crippen LogP contribution in [0.3, 0.4) is 0 Å². The zero-order valence-electron chi connectivity index (χ0n) is 5.35. The van der Waals surface area contributed by atoms with Gasteiger partial charge in [-0.25, -0.2) is 0 Å². The van der Waals surface area contributed by atoms with E-state index in [1.54, 1.807) is 6.08 Å². The average Bonchev–Trinajstić information content (AvgIpc) is 1.83. The van der Waals surface area contributed by atoms with Gasteiger partial charge in [0, 0.05) is 0 Å². The van der Waals surface area contributed by atoms with E-state index in [4.69, 9.17) is 0 Å². The Balaban J connectivity index is 3.84. The van der Waals surface area contributed by atoms with E-state index in [0.717, 1.165) is 6.42 Å². The Morgan fingerprint density at radius 2 is 2.12 bits per heavy atom. The zero-order chi connectivity index (χ0) is 6.41. The molecule has 0 N–H and O–H groups in total. The van der Waals surface area contributed by atoms with Crippen molar-refractivity contribution in [1.29, 1.82) is 0 Å². The smallest absolute Gasteiger partial charge is 0.0308 e. The largest absolute Gasteiger partial charge is 0.0991 e. The average molecular weight is 108 g/mol. The molecule has 0 nitrogen and oxygen atoms in total. The van der Waals surface area contributed by atoms with Gasteiger partial charge < -0.3 is 0 Å². The van der Waals surface area contributed by atoms with E-state index in [0.29, 0.717) is 0 Å². The molecule has 0 aliphatic carbocycles. The minimum absolute atomic E-state index is 1.04. The summed E-state index contributed by atoms with van der Waals surface area (Å²) >= 11 is 0. The van der Waals surface area contributed by atoms with Crippen molar-refractivity contribution >= 4 is 0 Å². The molecule has 0 saturated heterocycles. The van der Waals surface area contributed by atoms with Gasteiger partial charge in [0.15, 0.2) is 0 Å². The molecule has 0 rings (SSSR count). The summed E-state index contributed by atoms with van der Waals surface area (Å²) in [5, 5.41) is 0. The van der Waals surface area contributed by atoms with Crippen molar-refractivity contribution in [2.75, 3.05) is 0 Å². The number of hydrogen-bond donors (Lipinski definition) is 0. The predicted molar refractivity (Wildman–Crippen MR) is 38.8 cm³/mol. The normalized spacial score (nSPS) is 10.9. The molecule has 0 heterocycles. The summed E-state index contributed by atoms with van der Waals surface area (Å²) in [4.78, 5) is 0. The van der Waals surface area contributed by atoms with Crippen molar-refractivity contribution in [2.24, 2.45) is 0 Å². The van der Waals surface area contributed by atoms with Gasteiger partial charge in [0.1, 0.15) is 0 Å². The summed E-state index contributed by atoms with van der Waals surface area (Å²) in [6.07, 6.45) is 6.63. The summed E-state index contributed by atoms with van der Waals surface area (Å²) in [6.45, 7) is 9.30. The second-order valence-corrected chi connectivity index (χ2v) is 1.53. The standard InChI is InChI=1S/C8H12/c1-4-7-8(5-2)6-3/h4-5,7H,1-2,6H2,3H3/b8-7-. The van der Waals surface area contributed by atoms with Crippen LogP contribution in [-0.4, -0.2) is 0 Å². The van der Waals surface area contributed by atoms with E-state index in [-0.39, 0.29) is 0 Å². The molecule has 0 aliphatic rings. The first-order valence-corrected chi connectivity index (χ1v) is 2.79. The molecule has 0 heteroatoms. The lowest BCUT2D eigenvalue weighted by Crippen LogP contribution is -1.68. The Morgan fingerprint density at radius 1 is 1.50 bits per heavy atom. The molecule has 44 valence electrons. The third-order valence-electron chi connectivity index (χ3n) is 1.00. The lowest BCUT2D eigenvalue weighted by molar-refractivity contribution is 1.15. The van der Waals surface area contributed by atoms with Crippen molar-refractivity contribution in [3.8, 4) is 0 Å². The molecular formula is C8H12. The van der Waals surface area contributed by atoms with Gasteiger partial charge in [0.2, 0.25) is 0 Å². The zero-order valence-corrected chi connectivity index (χ0v) is 5.35. The van der Waals surface area contributed by atoms with Gasteiger partial charge in [-0.2, -0.15) is 0 Å². The molecule has 0 bridgehead atoms. The maximum atomic E-state index is 3.63. The molecule has 0 aliphatic heterocycles. The highest BCUT2D eigenvalue weighted by Gasteiger charge is 1.79. The Kier molecular flexibility index (Phi) is 3.95. The van der Waals surface area contributed by atoms with Gasteiger partial charge in [-0.1, -0.05) is 38.3 Å². The number of allylic oxidation sites excluding steroid dienone is 4. The van der Waals surface area contributed by atoms with Crippen LogP contribution >= 0.6 is 0 Å². The molecule has 0 aromatic rings. The van der Waals surface area contributed by atoms with Crippen LogP contribution in [0.25, 0.3) is 0 Å². The summed E-state index contributed by atoms with van der Waals surface area (Å²) in [6, 6.07) is 0. The molecule has 0 saturated carbocycles. The predicted octanol–water partition coefficient (Wildman–Crippen LogP) is 2.69. The highest BCUT2D eigenvalue weighted by molar-refractivity contribution is 5.20. The Morgan fingerprint density at radius 3 is 2.25 bits per heavy atom. The van der Waals surface area contributed by atoms with Crippen molar-refractivity contribution in [3.63, 3.8) is 0 Å². The van der Waals surface area contributed by atoms with Crippen molar-refractivity contribution < 1.29 is 0 Å². The molecule has 0 fully saturated rings. The second kappa shape index (κ2) is 4.38. The molecule has 8 heavy (non-hydrogen) atoms. The third kappa shape index (κ3) is 2.40. The van der Waals surface area contributed by atoms with Crippen LogP contribution in [0.4, 0.5) is 0 Å². The molecular weight excluding hydrogens is 96.1 g/mol. The highest BCUT2D eigenvalue weighted by atomic mass is 13.8. The van der Waals surface area contributed by atoms with Crippen molar-refractivity contribution in [3.05, 3.63) is 37.0 Å². The number of rotatable bonds is 3. The Hall–Kier alpha value is -0.780. The van der Waals surface area contributed by atoms with Gasteiger partial charge in [0.25, 0.3) is 0 Å². The third-order valence-corrected chi connectivity index (χ3v) is 1.00. The van der Waals surface area contributed by atoms with Crippen LogP contribution < -0.4 is 0 Å². The molecule has 0 unspecified atom stereocenters. The SMILES string of the molecule is C=C/C=C(/C=C)CC. The highest BCUT2D eigenvalue weighted by Crippen LogP contribution is 1.99. The van der Waals surface area contributed by atoms with Crippen LogP contribution in [0.1, 0.15) is 13.3 Å². The van der Waals surface area contributed by atoms with Gasteiger partial charge in [-0.05, 0) is 12.0 Å². The Labute approximate surface area is 51.2 Å². The number of hydrogen-bond acceptors (Lipinski definition) is 0.